The molecule has 16 nitrogen and oxygen atoms in total. The highest BCUT2D eigenvalue weighted by molar-refractivity contribution is 6.32. The van der Waals surface area contributed by atoms with Crippen molar-refractivity contribution < 1.29 is 38.2 Å². The molecule has 0 fully saturated rings. The number of benzene rings is 5. The Morgan fingerprint density at radius 3 is 1.40 bits per heavy atom. The Bertz CT molecular complexity index is 2790. The molecule has 0 spiro atoms. The number of halogens is 5. The number of Topliss-reactive ketones (excluding diaryl/α,β-unsaturated/α-hetero) is 2. The van der Waals surface area contributed by atoms with Crippen LogP contribution >= 0.6 is 58.0 Å². The summed E-state index contributed by atoms with van der Waals surface area (Å²) in [6, 6.07) is 19.8. The van der Waals surface area contributed by atoms with Crippen LogP contribution in [0.4, 0.5) is 34.1 Å². The van der Waals surface area contributed by atoms with E-state index in [1.807, 2.05) is 0 Å². The summed E-state index contributed by atoms with van der Waals surface area (Å²) >= 11 is 31.1. The average molecular weight is 1030 g/mol. The summed E-state index contributed by atoms with van der Waals surface area (Å²) in [5, 5.41) is 27.2. The molecule has 2 atom stereocenters. The molecule has 4 N–H and O–H groups in total. The van der Waals surface area contributed by atoms with Crippen molar-refractivity contribution in [3.8, 4) is 11.5 Å². The predicted molar refractivity (Wildman–Crippen MR) is 264 cm³/mol. The highest BCUT2D eigenvalue weighted by atomic mass is 35.5. The van der Waals surface area contributed by atoms with Crippen LogP contribution in [0.15, 0.2) is 111 Å². The Morgan fingerprint density at radius 2 is 0.985 bits per heavy atom. The molecule has 4 amide bonds. The molecule has 0 heterocycles. The first-order valence-electron chi connectivity index (χ1n) is 20.6. The standard InChI is InChI=1S/C47H43Cl5N8O8/c1-5-67-38-11-7-9-27(22-48)42(38)55-44(63)29-15-32(51)20-35(17-29)57-59-40(25(3)61)46(65)53-34-13-14-37(31(19-34)24-50)54-47(66)41(26(4)62)60-58-36-18-30(16-33(52)21-36)45(64)56-43-28(23-49)10-8-12-39(43)68-6-2/h7-21,40-41H,5-6,22-24H2,1-4H3,(H,53,65)(H,54,66)(H,55,63)(H,56,64). The number of hydrogen-bond donors (Lipinski definition) is 4. The number of nitrogens with zero attached hydrogens (tertiary/aromatic N) is 4. The third kappa shape index (κ3) is 14.1. The molecule has 21 heteroatoms. The van der Waals surface area contributed by atoms with E-state index in [-0.39, 0.29) is 61.6 Å². The normalized spacial score (nSPS) is 12.0. The SMILES string of the molecule is CCOc1cccc(CCl)c1NC(=O)c1cc(Cl)cc(N=NC(C(C)=O)C(=O)Nc2ccc(NC(=O)C(N=Nc3cc(Cl)cc(C(=O)Nc4c(CCl)cccc4OCC)c3)C(C)=O)c(CCl)c2)c1. The largest absolute Gasteiger partial charge is 0.492 e. The number of azo groups is 2. The van der Waals surface area contributed by atoms with E-state index in [4.69, 9.17) is 67.5 Å². The Labute approximate surface area is 416 Å². The molecule has 2 unspecified atom stereocenters. The van der Waals surface area contributed by atoms with Gasteiger partial charge in [0.15, 0.2) is 11.6 Å². The molecular formula is C47H43Cl5N8O8. The van der Waals surface area contributed by atoms with Gasteiger partial charge in [-0.2, -0.15) is 20.5 Å². The van der Waals surface area contributed by atoms with Gasteiger partial charge in [-0.05, 0) is 111 Å². The van der Waals surface area contributed by atoms with Gasteiger partial charge in [0.05, 0.1) is 36.0 Å². The van der Waals surface area contributed by atoms with Crippen molar-refractivity contribution in [3.05, 3.63) is 129 Å². The van der Waals surface area contributed by atoms with Crippen molar-refractivity contribution in [2.24, 2.45) is 20.5 Å². The molecule has 0 aliphatic carbocycles. The molecule has 0 saturated carbocycles. The van der Waals surface area contributed by atoms with E-state index in [1.165, 1.54) is 54.6 Å². The van der Waals surface area contributed by atoms with Crippen molar-refractivity contribution in [3.63, 3.8) is 0 Å². The van der Waals surface area contributed by atoms with Crippen molar-refractivity contribution in [2.75, 3.05) is 34.5 Å². The molecule has 0 aliphatic heterocycles. The third-order valence-corrected chi connectivity index (χ3v) is 10.8. The van der Waals surface area contributed by atoms with Crippen LogP contribution in [0.3, 0.4) is 0 Å². The van der Waals surface area contributed by atoms with E-state index in [9.17, 15) is 28.8 Å². The molecule has 5 aromatic rings. The monoisotopic (exact) mass is 1020 g/mol. The number of nitrogens with one attached hydrogen (secondary N) is 4. The van der Waals surface area contributed by atoms with Gasteiger partial charge in [0.1, 0.15) is 11.5 Å². The number of alkyl halides is 3. The molecule has 354 valence electrons. The second kappa shape index (κ2) is 25.1. The van der Waals surface area contributed by atoms with Crippen LogP contribution in [0.25, 0.3) is 0 Å². The minimum Gasteiger partial charge on any atom is -0.492 e. The van der Waals surface area contributed by atoms with Gasteiger partial charge in [0.2, 0.25) is 12.1 Å². The van der Waals surface area contributed by atoms with Crippen molar-refractivity contribution >= 4 is 127 Å². The van der Waals surface area contributed by atoms with E-state index in [1.54, 1.807) is 50.2 Å². The molecular weight excluding hydrogens is 982 g/mol. The topological polar surface area (TPSA) is 218 Å². The minimum absolute atomic E-state index is 0.0732. The summed E-state index contributed by atoms with van der Waals surface area (Å²) in [5.41, 5.74) is 3.04. The average Bonchev–Trinajstić information content (AvgIpc) is 3.30. The fourth-order valence-electron chi connectivity index (χ4n) is 6.31. The lowest BCUT2D eigenvalue weighted by Crippen LogP contribution is -2.32. The van der Waals surface area contributed by atoms with E-state index in [0.717, 1.165) is 13.8 Å². The van der Waals surface area contributed by atoms with Gasteiger partial charge < -0.3 is 30.7 Å². The highest BCUT2D eigenvalue weighted by Crippen LogP contribution is 2.33. The van der Waals surface area contributed by atoms with Crippen LogP contribution in [-0.2, 0) is 36.8 Å². The number of ether oxygens (including phenoxy) is 2. The molecule has 0 aliphatic rings. The first kappa shape index (κ1) is 52.5. The van der Waals surface area contributed by atoms with Crippen molar-refractivity contribution in [1.29, 1.82) is 0 Å². The van der Waals surface area contributed by atoms with Crippen LogP contribution in [0, 0.1) is 0 Å². The fraction of sp³-hybridized carbons (Fsp3) is 0.234. The lowest BCUT2D eigenvalue weighted by Gasteiger charge is -2.15. The lowest BCUT2D eigenvalue weighted by molar-refractivity contribution is -0.127. The summed E-state index contributed by atoms with van der Waals surface area (Å²) in [5.74, 6) is -3.25. The van der Waals surface area contributed by atoms with Crippen LogP contribution in [0.5, 0.6) is 11.5 Å². The summed E-state index contributed by atoms with van der Waals surface area (Å²) in [7, 11) is 0. The van der Waals surface area contributed by atoms with Crippen LogP contribution in [-0.4, -0.2) is 60.5 Å². The van der Waals surface area contributed by atoms with Crippen LogP contribution in [0.1, 0.15) is 65.1 Å². The van der Waals surface area contributed by atoms with Gasteiger partial charge >= 0.3 is 0 Å². The molecule has 0 bridgehead atoms. The van der Waals surface area contributed by atoms with Gasteiger partial charge in [0, 0.05) is 50.2 Å². The Balaban J connectivity index is 1.27. The zero-order valence-electron chi connectivity index (χ0n) is 36.8. The van der Waals surface area contributed by atoms with E-state index in [0.29, 0.717) is 52.8 Å². The van der Waals surface area contributed by atoms with E-state index >= 15 is 0 Å². The number of hydrogen-bond acceptors (Lipinski definition) is 12. The zero-order chi connectivity index (χ0) is 49.5. The summed E-state index contributed by atoms with van der Waals surface area (Å²) in [6.07, 6.45) is 0. The molecule has 68 heavy (non-hydrogen) atoms. The Morgan fingerprint density at radius 1 is 0.544 bits per heavy atom. The highest BCUT2D eigenvalue weighted by Gasteiger charge is 2.26. The van der Waals surface area contributed by atoms with Gasteiger partial charge in [0.25, 0.3) is 23.6 Å². The third-order valence-electron chi connectivity index (χ3n) is 9.50. The number of rotatable bonds is 21. The van der Waals surface area contributed by atoms with Crippen LogP contribution < -0.4 is 30.7 Å². The smallest absolute Gasteiger partial charge is 0.258 e. The number of carbonyl (C=O) groups excluding carboxylic acids is 6. The maximum atomic E-state index is 13.5. The first-order chi connectivity index (χ1) is 32.6. The van der Waals surface area contributed by atoms with Crippen molar-refractivity contribution in [1.82, 2.24) is 0 Å². The van der Waals surface area contributed by atoms with Crippen LogP contribution in [0.2, 0.25) is 10.0 Å². The second-order valence-electron chi connectivity index (χ2n) is 14.5. The first-order valence-corrected chi connectivity index (χ1v) is 22.9. The maximum Gasteiger partial charge on any atom is 0.258 e. The summed E-state index contributed by atoms with van der Waals surface area (Å²) in [6.45, 7) is 6.61. The quantitative estimate of drug-likeness (QED) is 0.0314. The van der Waals surface area contributed by atoms with Gasteiger partial charge in [-0.15, -0.1) is 34.8 Å². The molecule has 0 radical (unpaired) electrons. The number of para-hydroxylation sites is 2. The fourth-order valence-corrected chi connectivity index (χ4v) is 7.43. The molecule has 0 saturated heterocycles. The van der Waals surface area contributed by atoms with E-state index < -0.39 is 47.3 Å². The zero-order valence-corrected chi connectivity index (χ0v) is 40.6. The van der Waals surface area contributed by atoms with E-state index in [2.05, 4.69) is 41.7 Å². The minimum atomic E-state index is -1.63. The van der Waals surface area contributed by atoms with Gasteiger partial charge in [-0.25, -0.2) is 0 Å². The second-order valence-corrected chi connectivity index (χ2v) is 16.1. The summed E-state index contributed by atoms with van der Waals surface area (Å²) < 4.78 is 11.3. The Kier molecular flexibility index (Phi) is 19.4. The molecule has 0 aromatic heterocycles. The van der Waals surface area contributed by atoms with Crippen molar-refractivity contribution in [2.45, 2.75) is 57.4 Å². The van der Waals surface area contributed by atoms with Gasteiger partial charge in [-0.3, -0.25) is 28.8 Å². The molecule has 5 rings (SSSR count). The number of anilines is 4. The number of carbonyl (C=O) groups is 6. The number of ketones is 2. The lowest BCUT2D eigenvalue weighted by atomic mass is 10.1. The predicted octanol–water partition coefficient (Wildman–Crippen LogP) is 11.9. The van der Waals surface area contributed by atoms with Gasteiger partial charge in [-0.1, -0.05) is 47.5 Å². The Hall–Kier alpha value is -6.43. The molecule has 5 aromatic carbocycles. The maximum absolute atomic E-state index is 13.5. The summed E-state index contributed by atoms with van der Waals surface area (Å²) in [4.78, 5) is 79.0. The number of amides is 4.